The van der Waals surface area contributed by atoms with Crippen molar-refractivity contribution in [2.75, 3.05) is 7.11 Å². The predicted octanol–water partition coefficient (Wildman–Crippen LogP) is 3.23. The fourth-order valence-electron chi connectivity index (χ4n) is 2.60. The maximum atomic E-state index is 12.0. The molecular formula is C16H22O3. The van der Waals surface area contributed by atoms with Crippen LogP contribution in [0.3, 0.4) is 0 Å². The minimum absolute atomic E-state index is 0.0269. The molecule has 3 nitrogen and oxygen atoms in total. The maximum absolute atomic E-state index is 12.0. The zero-order valence-electron chi connectivity index (χ0n) is 12.3. The van der Waals surface area contributed by atoms with Crippen molar-refractivity contribution >= 4 is 11.6 Å². The molecule has 0 bridgehead atoms. The van der Waals surface area contributed by atoms with E-state index in [1.807, 2.05) is 38.1 Å². The molecule has 1 aromatic carbocycles. The van der Waals surface area contributed by atoms with Gasteiger partial charge in [-0.05, 0) is 37.5 Å². The highest BCUT2D eigenvalue weighted by molar-refractivity contribution is 5.91. The number of ketones is 2. The standard InChI is InChI=1S/C16H22O3/c1-10(2)15(11(3)17)16(12(4)18)13-6-8-14(19-5)9-7-13/h6-10,15-16H,1-5H3/t15-,16-/m1/s1. The van der Waals surface area contributed by atoms with E-state index in [9.17, 15) is 9.59 Å². The average Bonchev–Trinajstić information content (AvgIpc) is 2.34. The lowest BCUT2D eigenvalue weighted by Gasteiger charge is -2.26. The monoisotopic (exact) mass is 262 g/mol. The molecule has 0 N–H and O–H groups in total. The van der Waals surface area contributed by atoms with Crippen LogP contribution < -0.4 is 4.74 Å². The van der Waals surface area contributed by atoms with Gasteiger partial charge in [0.15, 0.2) is 0 Å². The third kappa shape index (κ3) is 3.66. The Kier molecular flexibility index (Phi) is 5.28. The summed E-state index contributed by atoms with van der Waals surface area (Å²) in [6.45, 7) is 7.06. The van der Waals surface area contributed by atoms with Crippen LogP contribution >= 0.6 is 0 Å². The summed E-state index contributed by atoms with van der Waals surface area (Å²) in [4.78, 5) is 23.8. The van der Waals surface area contributed by atoms with Crippen LogP contribution in [0.25, 0.3) is 0 Å². The first-order chi connectivity index (χ1) is 8.88. The lowest BCUT2D eigenvalue weighted by molar-refractivity contribution is -0.128. The van der Waals surface area contributed by atoms with E-state index >= 15 is 0 Å². The zero-order chi connectivity index (χ0) is 14.6. The van der Waals surface area contributed by atoms with Crippen LogP contribution in [0.5, 0.6) is 5.75 Å². The molecule has 0 radical (unpaired) electrons. The Morgan fingerprint density at radius 1 is 1.00 bits per heavy atom. The number of rotatable bonds is 6. The highest BCUT2D eigenvalue weighted by atomic mass is 16.5. The molecule has 0 heterocycles. The van der Waals surface area contributed by atoms with Crippen LogP contribution in [0.4, 0.5) is 0 Å². The molecule has 0 saturated heterocycles. The summed E-state index contributed by atoms with van der Waals surface area (Å²) in [5.74, 6) is 0.322. The Bertz CT molecular complexity index is 446. The quantitative estimate of drug-likeness (QED) is 0.790. The molecule has 0 aliphatic heterocycles. The van der Waals surface area contributed by atoms with E-state index in [0.717, 1.165) is 11.3 Å². The van der Waals surface area contributed by atoms with Gasteiger partial charge in [-0.1, -0.05) is 26.0 Å². The molecule has 0 unspecified atom stereocenters. The molecule has 1 aromatic rings. The van der Waals surface area contributed by atoms with Crippen LogP contribution in [-0.2, 0) is 9.59 Å². The predicted molar refractivity (Wildman–Crippen MR) is 75.4 cm³/mol. The smallest absolute Gasteiger partial charge is 0.138 e. The molecule has 0 saturated carbocycles. The molecule has 0 aliphatic rings. The Morgan fingerprint density at radius 2 is 1.53 bits per heavy atom. The minimum Gasteiger partial charge on any atom is -0.497 e. The van der Waals surface area contributed by atoms with Crippen molar-refractivity contribution in [2.24, 2.45) is 11.8 Å². The second-order valence-corrected chi connectivity index (χ2v) is 5.24. The van der Waals surface area contributed by atoms with Gasteiger partial charge in [-0.15, -0.1) is 0 Å². The number of benzene rings is 1. The van der Waals surface area contributed by atoms with E-state index in [0.29, 0.717) is 0 Å². The van der Waals surface area contributed by atoms with Crippen LogP contribution in [0, 0.1) is 11.8 Å². The van der Waals surface area contributed by atoms with Crippen molar-refractivity contribution in [3.8, 4) is 5.75 Å². The van der Waals surface area contributed by atoms with Crippen molar-refractivity contribution in [1.82, 2.24) is 0 Å². The van der Waals surface area contributed by atoms with Gasteiger partial charge < -0.3 is 4.74 Å². The van der Waals surface area contributed by atoms with E-state index in [4.69, 9.17) is 4.74 Å². The van der Waals surface area contributed by atoms with E-state index in [-0.39, 0.29) is 29.3 Å². The van der Waals surface area contributed by atoms with Gasteiger partial charge in [-0.2, -0.15) is 0 Å². The van der Waals surface area contributed by atoms with E-state index < -0.39 is 0 Å². The average molecular weight is 262 g/mol. The van der Waals surface area contributed by atoms with Gasteiger partial charge >= 0.3 is 0 Å². The Balaban J connectivity index is 3.18. The summed E-state index contributed by atoms with van der Waals surface area (Å²) in [5.41, 5.74) is 0.877. The largest absolute Gasteiger partial charge is 0.497 e. The molecule has 3 heteroatoms. The zero-order valence-corrected chi connectivity index (χ0v) is 12.3. The Morgan fingerprint density at radius 3 is 1.84 bits per heavy atom. The van der Waals surface area contributed by atoms with Crippen molar-refractivity contribution in [2.45, 2.75) is 33.6 Å². The maximum Gasteiger partial charge on any atom is 0.138 e. The summed E-state index contributed by atoms with van der Waals surface area (Å²) >= 11 is 0. The summed E-state index contributed by atoms with van der Waals surface area (Å²) in [7, 11) is 1.60. The lowest BCUT2D eigenvalue weighted by atomic mass is 9.75. The second-order valence-electron chi connectivity index (χ2n) is 5.24. The van der Waals surface area contributed by atoms with Gasteiger partial charge in [-0.25, -0.2) is 0 Å². The summed E-state index contributed by atoms with van der Waals surface area (Å²) in [6.07, 6.45) is 0. The first-order valence-corrected chi connectivity index (χ1v) is 6.53. The second kappa shape index (κ2) is 6.50. The molecule has 1 rings (SSSR count). The summed E-state index contributed by atoms with van der Waals surface area (Å²) < 4.78 is 5.11. The van der Waals surface area contributed by atoms with Crippen molar-refractivity contribution < 1.29 is 14.3 Å². The van der Waals surface area contributed by atoms with E-state index in [2.05, 4.69) is 0 Å². The number of Topliss-reactive ketones (excluding diaryl/α,β-unsaturated/α-hetero) is 2. The number of methoxy groups -OCH3 is 1. The molecule has 0 spiro atoms. The highest BCUT2D eigenvalue weighted by Crippen LogP contribution is 2.32. The first-order valence-electron chi connectivity index (χ1n) is 6.53. The first kappa shape index (κ1) is 15.4. The number of hydrogen-bond donors (Lipinski definition) is 0. The number of hydrogen-bond acceptors (Lipinski definition) is 3. The van der Waals surface area contributed by atoms with E-state index in [1.165, 1.54) is 0 Å². The normalized spacial score (nSPS) is 14.0. The van der Waals surface area contributed by atoms with Gasteiger partial charge in [0.25, 0.3) is 0 Å². The van der Waals surface area contributed by atoms with Crippen LogP contribution in [-0.4, -0.2) is 18.7 Å². The third-order valence-corrected chi connectivity index (χ3v) is 3.46. The Hall–Kier alpha value is -1.64. The molecule has 0 fully saturated rings. The van der Waals surface area contributed by atoms with Gasteiger partial charge in [0, 0.05) is 5.92 Å². The van der Waals surface area contributed by atoms with Crippen LogP contribution in [0.2, 0.25) is 0 Å². The third-order valence-electron chi connectivity index (χ3n) is 3.46. The summed E-state index contributed by atoms with van der Waals surface area (Å²) in [5, 5.41) is 0. The van der Waals surface area contributed by atoms with Crippen LogP contribution in [0.15, 0.2) is 24.3 Å². The SMILES string of the molecule is COc1ccc([C@@H](C(C)=O)[C@@H](C(C)=O)C(C)C)cc1. The number of ether oxygens (including phenoxy) is 1. The molecule has 0 aliphatic carbocycles. The molecule has 0 aromatic heterocycles. The molecular weight excluding hydrogens is 240 g/mol. The van der Waals surface area contributed by atoms with Gasteiger partial charge in [-0.3, -0.25) is 9.59 Å². The highest BCUT2D eigenvalue weighted by Gasteiger charge is 2.32. The van der Waals surface area contributed by atoms with Crippen molar-refractivity contribution in [3.63, 3.8) is 0 Å². The molecule has 2 atom stereocenters. The number of carbonyl (C=O) groups excluding carboxylic acids is 2. The molecule has 19 heavy (non-hydrogen) atoms. The van der Waals surface area contributed by atoms with Crippen molar-refractivity contribution in [3.05, 3.63) is 29.8 Å². The van der Waals surface area contributed by atoms with Gasteiger partial charge in [0.2, 0.25) is 0 Å². The van der Waals surface area contributed by atoms with Gasteiger partial charge in [0.1, 0.15) is 17.3 Å². The van der Waals surface area contributed by atoms with Gasteiger partial charge in [0.05, 0.1) is 13.0 Å². The van der Waals surface area contributed by atoms with Crippen LogP contribution in [0.1, 0.15) is 39.2 Å². The fourth-order valence-corrected chi connectivity index (χ4v) is 2.60. The fraction of sp³-hybridized carbons (Fsp3) is 0.500. The van der Waals surface area contributed by atoms with E-state index in [1.54, 1.807) is 21.0 Å². The molecule has 104 valence electrons. The lowest BCUT2D eigenvalue weighted by Crippen LogP contribution is -2.29. The number of carbonyl (C=O) groups is 2. The molecule has 0 amide bonds. The van der Waals surface area contributed by atoms with Crippen molar-refractivity contribution in [1.29, 1.82) is 0 Å². The minimum atomic E-state index is -0.372. The topological polar surface area (TPSA) is 43.4 Å². The Labute approximate surface area is 115 Å². The summed E-state index contributed by atoms with van der Waals surface area (Å²) in [6, 6.07) is 7.37.